The van der Waals surface area contributed by atoms with E-state index >= 15 is 0 Å². The second-order valence-electron chi connectivity index (χ2n) is 6.99. The van der Waals surface area contributed by atoms with Crippen LogP contribution in [0.3, 0.4) is 0 Å². The number of esters is 1. The molecule has 2 aromatic rings. The highest BCUT2D eigenvalue weighted by atomic mass is 16.5. The molecule has 0 aliphatic carbocycles. The molecular weight excluding hydrogens is 360 g/mol. The first-order valence-electron chi connectivity index (χ1n) is 9.83. The summed E-state index contributed by atoms with van der Waals surface area (Å²) in [6, 6.07) is 8.32. The van der Waals surface area contributed by atoms with Gasteiger partial charge < -0.3 is 9.47 Å². The van der Waals surface area contributed by atoms with Crippen molar-refractivity contribution < 1.29 is 14.3 Å². The summed E-state index contributed by atoms with van der Waals surface area (Å²) in [4.78, 5) is 11.5. The normalized spacial score (nSPS) is 12.9. The van der Waals surface area contributed by atoms with Crippen molar-refractivity contribution in [3.8, 4) is 5.75 Å². The van der Waals surface area contributed by atoms with E-state index < -0.39 is 0 Å². The van der Waals surface area contributed by atoms with Gasteiger partial charge in [0.2, 0.25) is 0 Å². The van der Waals surface area contributed by atoms with Crippen molar-refractivity contribution in [2.45, 2.75) is 34.6 Å². The number of rotatable bonds is 7. The second kappa shape index (κ2) is 10.5. The Balaban J connectivity index is 2.29. The first-order valence-corrected chi connectivity index (χ1v) is 9.83. The van der Waals surface area contributed by atoms with Gasteiger partial charge in [0, 0.05) is 11.5 Å². The maximum atomic E-state index is 11.5. The van der Waals surface area contributed by atoms with E-state index in [2.05, 4.69) is 51.1 Å². The maximum Gasteiger partial charge on any atom is 0.330 e. The standard InChI is InChI=1S/C26H30O3/c1-7-29-25(27)17-19(3)12-10-11-18(2)15-16-22-20(4)21(5)26(28-6)24-14-9-8-13-23(22)24/h8-17H,7H2,1-6H3. The van der Waals surface area contributed by atoms with Crippen molar-refractivity contribution in [1.29, 1.82) is 0 Å². The molecule has 3 heteroatoms. The molecule has 29 heavy (non-hydrogen) atoms. The predicted molar refractivity (Wildman–Crippen MR) is 122 cm³/mol. The van der Waals surface area contributed by atoms with Crippen molar-refractivity contribution in [3.63, 3.8) is 0 Å². The highest BCUT2D eigenvalue weighted by Crippen LogP contribution is 2.36. The zero-order valence-corrected chi connectivity index (χ0v) is 18.2. The van der Waals surface area contributed by atoms with Gasteiger partial charge in [-0.1, -0.05) is 60.2 Å². The Bertz CT molecular complexity index is 1000. The van der Waals surface area contributed by atoms with Gasteiger partial charge in [-0.2, -0.15) is 0 Å². The summed E-state index contributed by atoms with van der Waals surface area (Å²) >= 11 is 0. The Labute approximate surface area is 174 Å². The molecule has 0 atom stereocenters. The summed E-state index contributed by atoms with van der Waals surface area (Å²) < 4.78 is 10.6. The quantitative estimate of drug-likeness (QED) is 0.308. The lowest BCUT2D eigenvalue weighted by Crippen LogP contribution is -1.99. The van der Waals surface area contributed by atoms with E-state index in [-0.39, 0.29) is 5.97 Å². The summed E-state index contributed by atoms with van der Waals surface area (Å²) in [6.07, 6.45) is 11.6. The van der Waals surface area contributed by atoms with Crippen LogP contribution in [-0.4, -0.2) is 19.7 Å². The van der Waals surface area contributed by atoms with E-state index in [0.717, 1.165) is 27.8 Å². The molecule has 0 unspecified atom stereocenters. The number of ether oxygens (including phenoxy) is 2. The molecule has 0 fully saturated rings. The van der Waals surface area contributed by atoms with Crippen LogP contribution in [-0.2, 0) is 9.53 Å². The van der Waals surface area contributed by atoms with E-state index in [1.807, 2.05) is 31.2 Å². The van der Waals surface area contributed by atoms with Gasteiger partial charge in [-0.25, -0.2) is 4.79 Å². The highest BCUT2D eigenvalue weighted by molar-refractivity contribution is 5.97. The number of hydrogen-bond donors (Lipinski definition) is 0. The number of carbonyl (C=O) groups excluding carboxylic acids is 1. The van der Waals surface area contributed by atoms with Crippen LogP contribution in [0, 0.1) is 13.8 Å². The first kappa shape index (κ1) is 22.2. The van der Waals surface area contributed by atoms with Crippen molar-refractivity contribution >= 4 is 22.8 Å². The second-order valence-corrected chi connectivity index (χ2v) is 6.99. The first-order chi connectivity index (χ1) is 13.9. The third-order valence-corrected chi connectivity index (χ3v) is 4.84. The molecule has 3 nitrogen and oxygen atoms in total. The van der Waals surface area contributed by atoms with Crippen molar-refractivity contribution in [2.24, 2.45) is 0 Å². The van der Waals surface area contributed by atoms with Crippen molar-refractivity contribution in [3.05, 3.63) is 82.5 Å². The lowest BCUT2D eigenvalue weighted by atomic mass is 9.93. The minimum atomic E-state index is -0.313. The number of carbonyl (C=O) groups is 1. The topological polar surface area (TPSA) is 35.5 Å². The van der Waals surface area contributed by atoms with Crippen LogP contribution in [0.4, 0.5) is 0 Å². The van der Waals surface area contributed by atoms with Gasteiger partial charge in [0.15, 0.2) is 0 Å². The number of methoxy groups -OCH3 is 1. The molecule has 0 N–H and O–H groups in total. The predicted octanol–water partition coefficient (Wildman–Crippen LogP) is 6.49. The Kier molecular flexibility index (Phi) is 8.02. The summed E-state index contributed by atoms with van der Waals surface area (Å²) in [7, 11) is 1.72. The van der Waals surface area contributed by atoms with E-state index in [1.165, 1.54) is 22.6 Å². The molecule has 0 aromatic heterocycles. The van der Waals surface area contributed by atoms with Crippen LogP contribution in [0.25, 0.3) is 16.8 Å². The third-order valence-electron chi connectivity index (χ3n) is 4.84. The number of fused-ring (bicyclic) bond motifs is 1. The SMILES string of the molecule is CCOC(=O)C=C(C)C=CC=C(C)C=Cc1c(C)c(C)c(OC)c2ccccc12. The van der Waals surface area contributed by atoms with Crippen LogP contribution >= 0.6 is 0 Å². The zero-order chi connectivity index (χ0) is 21.4. The van der Waals surface area contributed by atoms with E-state index in [0.29, 0.717) is 6.61 Å². The monoisotopic (exact) mass is 390 g/mol. The van der Waals surface area contributed by atoms with E-state index in [1.54, 1.807) is 14.0 Å². The molecule has 0 heterocycles. The lowest BCUT2D eigenvalue weighted by molar-refractivity contribution is -0.137. The van der Waals surface area contributed by atoms with Crippen molar-refractivity contribution in [1.82, 2.24) is 0 Å². The Morgan fingerprint density at radius 1 is 1.00 bits per heavy atom. The molecular formula is C26H30O3. The number of allylic oxidation sites excluding steroid dienone is 6. The number of hydrogen-bond acceptors (Lipinski definition) is 3. The van der Waals surface area contributed by atoms with E-state index in [9.17, 15) is 4.79 Å². The molecule has 0 bridgehead atoms. The molecule has 0 amide bonds. The lowest BCUT2D eigenvalue weighted by Gasteiger charge is -2.15. The molecule has 2 rings (SSSR count). The fourth-order valence-corrected chi connectivity index (χ4v) is 3.21. The summed E-state index contributed by atoms with van der Waals surface area (Å²) in [5.41, 5.74) is 5.54. The Morgan fingerprint density at radius 3 is 2.34 bits per heavy atom. The zero-order valence-electron chi connectivity index (χ0n) is 18.2. The van der Waals surface area contributed by atoms with Gasteiger partial charge in [-0.15, -0.1) is 0 Å². The number of benzene rings is 2. The van der Waals surface area contributed by atoms with Crippen LogP contribution in [0.15, 0.2) is 65.8 Å². The van der Waals surface area contributed by atoms with Gasteiger partial charge >= 0.3 is 5.97 Å². The largest absolute Gasteiger partial charge is 0.496 e. The van der Waals surface area contributed by atoms with Gasteiger partial charge in [-0.05, 0) is 62.3 Å². The average Bonchev–Trinajstić information content (AvgIpc) is 2.68. The Morgan fingerprint density at radius 2 is 1.69 bits per heavy atom. The minimum absolute atomic E-state index is 0.313. The highest BCUT2D eigenvalue weighted by Gasteiger charge is 2.12. The summed E-state index contributed by atoms with van der Waals surface area (Å²) in [5.74, 6) is 0.627. The summed E-state index contributed by atoms with van der Waals surface area (Å²) in [6.45, 7) is 10.3. The van der Waals surface area contributed by atoms with Crippen LogP contribution in [0.5, 0.6) is 5.75 Å². The van der Waals surface area contributed by atoms with Crippen LogP contribution in [0.2, 0.25) is 0 Å². The molecule has 0 aliphatic heterocycles. The maximum absolute atomic E-state index is 11.5. The molecule has 0 radical (unpaired) electrons. The summed E-state index contributed by atoms with van der Waals surface area (Å²) in [5, 5.41) is 2.30. The molecule has 0 saturated heterocycles. The third kappa shape index (κ3) is 5.71. The van der Waals surface area contributed by atoms with Gasteiger partial charge in [0.1, 0.15) is 5.75 Å². The van der Waals surface area contributed by atoms with Crippen molar-refractivity contribution in [2.75, 3.05) is 13.7 Å². The fraction of sp³-hybridized carbons (Fsp3) is 0.269. The molecule has 0 saturated carbocycles. The fourth-order valence-electron chi connectivity index (χ4n) is 3.21. The van der Waals surface area contributed by atoms with Crippen LogP contribution < -0.4 is 4.74 Å². The van der Waals surface area contributed by atoms with Gasteiger partial charge in [-0.3, -0.25) is 0 Å². The van der Waals surface area contributed by atoms with Gasteiger partial charge in [0.05, 0.1) is 13.7 Å². The molecule has 2 aromatic carbocycles. The average molecular weight is 391 g/mol. The Hall–Kier alpha value is -3.07. The molecule has 0 aliphatic rings. The molecule has 152 valence electrons. The molecule has 0 spiro atoms. The smallest absolute Gasteiger partial charge is 0.330 e. The van der Waals surface area contributed by atoms with Gasteiger partial charge in [0.25, 0.3) is 0 Å². The van der Waals surface area contributed by atoms with E-state index in [4.69, 9.17) is 9.47 Å². The minimum Gasteiger partial charge on any atom is -0.496 e. The van der Waals surface area contributed by atoms with Crippen LogP contribution in [0.1, 0.15) is 37.5 Å².